The van der Waals surface area contributed by atoms with Gasteiger partial charge in [0.15, 0.2) is 17.3 Å². The smallest absolute Gasteiger partial charge is 0.194 e. The molecule has 1 aromatic rings. The molecule has 0 saturated heterocycles. The second-order valence-corrected chi connectivity index (χ2v) is 2.67. The van der Waals surface area contributed by atoms with E-state index in [9.17, 15) is 4.39 Å². The summed E-state index contributed by atoms with van der Waals surface area (Å²) in [7, 11) is 0. The second kappa shape index (κ2) is 2.46. The van der Waals surface area contributed by atoms with Crippen molar-refractivity contribution >= 4 is 15.9 Å². The van der Waals surface area contributed by atoms with Gasteiger partial charge >= 0.3 is 0 Å². The second-order valence-electron chi connectivity index (χ2n) is 1.76. The summed E-state index contributed by atoms with van der Waals surface area (Å²) in [4.78, 5) is 0. The maximum absolute atomic E-state index is 12.4. The highest BCUT2D eigenvalue weighted by Crippen LogP contribution is 2.30. The molecule has 0 spiro atoms. The van der Waals surface area contributed by atoms with Crippen LogP contribution in [0.25, 0.3) is 0 Å². The zero-order valence-electron chi connectivity index (χ0n) is 4.81. The van der Waals surface area contributed by atoms with E-state index < -0.39 is 17.3 Å². The lowest BCUT2D eigenvalue weighted by molar-refractivity contribution is 0.378. The average Bonchev–Trinajstić information content (AvgIpc) is 1.82. The molecule has 0 radical (unpaired) electrons. The van der Waals surface area contributed by atoms with Crippen LogP contribution in [0.3, 0.4) is 0 Å². The molecule has 0 aliphatic heterocycles. The van der Waals surface area contributed by atoms with Gasteiger partial charge in [0, 0.05) is 4.47 Å². The van der Waals surface area contributed by atoms with Crippen molar-refractivity contribution in [2.75, 3.05) is 0 Å². The number of hydrogen-bond acceptors (Lipinski definition) is 2. The van der Waals surface area contributed by atoms with Gasteiger partial charge in [-0.05, 0) is 12.1 Å². The molecule has 0 saturated carbocycles. The molecule has 0 bridgehead atoms. The number of phenolic OH excluding ortho intramolecular Hbond substituents is 2. The Morgan fingerprint density at radius 2 is 1.90 bits per heavy atom. The minimum atomic E-state index is -0.841. The van der Waals surface area contributed by atoms with Gasteiger partial charge in [0.05, 0.1) is 0 Å². The average molecular weight is 207 g/mol. The van der Waals surface area contributed by atoms with Crippen LogP contribution in [0.4, 0.5) is 4.39 Å². The van der Waals surface area contributed by atoms with Crippen LogP contribution < -0.4 is 0 Å². The van der Waals surface area contributed by atoms with Crippen LogP contribution in [0.15, 0.2) is 16.6 Å². The highest BCUT2D eigenvalue weighted by molar-refractivity contribution is 9.10. The summed E-state index contributed by atoms with van der Waals surface area (Å²) >= 11 is 2.94. The van der Waals surface area contributed by atoms with Crippen molar-refractivity contribution in [1.82, 2.24) is 0 Å². The highest BCUT2D eigenvalue weighted by Gasteiger charge is 2.06. The minimum absolute atomic E-state index is 0.389. The third-order valence-electron chi connectivity index (χ3n) is 1.01. The molecule has 4 heteroatoms. The lowest BCUT2D eigenvalue weighted by atomic mass is 10.3. The van der Waals surface area contributed by atoms with E-state index in [1.807, 2.05) is 0 Å². The van der Waals surface area contributed by atoms with Crippen LogP contribution >= 0.6 is 15.9 Å². The third kappa shape index (κ3) is 1.21. The van der Waals surface area contributed by atoms with E-state index in [-0.39, 0.29) is 0 Å². The highest BCUT2D eigenvalue weighted by atomic mass is 79.9. The number of halogens is 2. The Kier molecular flexibility index (Phi) is 1.80. The summed E-state index contributed by atoms with van der Waals surface area (Å²) in [5, 5.41) is 17.4. The molecule has 0 aliphatic rings. The van der Waals surface area contributed by atoms with E-state index in [0.717, 1.165) is 6.07 Å². The molecule has 54 valence electrons. The topological polar surface area (TPSA) is 40.5 Å². The SMILES string of the molecule is Oc1cc(Br)cc(F)c1O. The van der Waals surface area contributed by atoms with Crippen molar-refractivity contribution in [2.24, 2.45) is 0 Å². The number of benzene rings is 1. The van der Waals surface area contributed by atoms with Crippen LogP contribution in [0.1, 0.15) is 0 Å². The van der Waals surface area contributed by atoms with E-state index in [0.29, 0.717) is 4.47 Å². The standard InChI is InChI=1S/C6H4BrFO2/c7-3-1-4(8)6(10)5(9)2-3/h1-2,9-10H. The molecule has 0 fully saturated rings. The summed E-state index contributed by atoms with van der Waals surface area (Å²) in [6, 6.07) is 2.27. The number of phenols is 2. The van der Waals surface area contributed by atoms with Gasteiger partial charge in [-0.25, -0.2) is 4.39 Å². The van der Waals surface area contributed by atoms with E-state index in [2.05, 4.69) is 15.9 Å². The first kappa shape index (κ1) is 7.34. The monoisotopic (exact) mass is 206 g/mol. The normalized spacial score (nSPS) is 9.80. The molecule has 1 aromatic carbocycles. The molecule has 0 amide bonds. The van der Waals surface area contributed by atoms with E-state index >= 15 is 0 Å². The summed E-state index contributed by atoms with van der Waals surface area (Å²) in [6.07, 6.45) is 0. The molecule has 10 heavy (non-hydrogen) atoms. The summed E-state index contributed by atoms with van der Waals surface area (Å²) < 4.78 is 12.8. The summed E-state index contributed by atoms with van der Waals surface area (Å²) in [5.74, 6) is -2.03. The van der Waals surface area contributed by atoms with Crippen LogP contribution in [0.5, 0.6) is 11.5 Å². The van der Waals surface area contributed by atoms with Crippen molar-refractivity contribution in [3.05, 3.63) is 22.4 Å². The zero-order chi connectivity index (χ0) is 7.72. The molecule has 0 heterocycles. The van der Waals surface area contributed by atoms with Gasteiger partial charge in [0.2, 0.25) is 0 Å². The fraction of sp³-hybridized carbons (Fsp3) is 0. The molecule has 1 rings (SSSR count). The van der Waals surface area contributed by atoms with E-state index in [1.165, 1.54) is 6.07 Å². The maximum Gasteiger partial charge on any atom is 0.194 e. The molecule has 0 unspecified atom stereocenters. The molecule has 2 nitrogen and oxygen atoms in total. The summed E-state index contributed by atoms with van der Waals surface area (Å²) in [5.41, 5.74) is 0. The first-order valence-corrected chi connectivity index (χ1v) is 3.27. The van der Waals surface area contributed by atoms with Gasteiger partial charge in [0.1, 0.15) is 0 Å². The van der Waals surface area contributed by atoms with Crippen molar-refractivity contribution in [2.45, 2.75) is 0 Å². The number of aromatic hydroxyl groups is 2. The quantitative estimate of drug-likeness (QED) is 0.638. The number of hydrogen-bond donors (Lipinski definition) is 2. The Labute approximate surface area is 65.1 Å². The van der Waals surface area contributed by atoms with E-state index in [1.54, 1.807) is 0 Å². The first-order chi connectivity index (χ1) is 4.61. The van der Waals surface area contributed by atoms with Crippen LogP contribution in [0, 0.1) is 5.82 Å². The van der Waals surface area contributed by atoms with Gasteiger partial charge in [0.25, 0.3) is 0 Å². The molecule has 0 aromatic heterocycles. The molecule has 2 N–H and O–H groups in total. The molecule has 0 aliphatic carbocycles. The zero-order valence-corrected chi connectivity index (χ0v) is 6.39. The van der Waals surface area contributed by atoms with Crippen molar-refractivity contribution in [3.8, 4) is 11.5 Å². The fourth-order valence-electron chi connectivity index (χ4n) is 0.552. The maximum atomic E-state index is 12.4. The Morgan fingerprint density at radius 3 is 2.40 bits per heavy atom. The van der Waals surface area contributed by atoms with Gasteiger partial charge < -0.3 is 10.2 Å². The first-order valence-electron chi connectivity index (χ1n) is 2.48. The van der Waals surface area contributed by atoms with Crippen LogP contribution in [0.2, 0.25) is 0 Å². The minimum Gasteiger partial charge on any atom is -0.504 e. The Bertz CT molecular complexity index is 239. The van der Waals surface area contributed by atoms with Crippen LogP contribution in [-0.4, -0.2) is 10.2 Å². The predicted molar refractivity (Wildman–Crippen MR) is 37.4 cm³/mol. The van der Waals surface area contributed by atoms with E-state index in [4.69, 9.17) is 10.2 Å². The van der Waals surface area contributed by atoms with Crippen LogP contribution in [-0.2, 0) is 0 Å². The molecule has 0 atom stereocenters. The van der Waals surface area contributed by atoms with Gasteiger partial charge in [-0.3, -0.25) is 0 Å². The van der Waals surface area contributed by atoms with Gasteiger partial charge in [-0.15, -0.1) is 0 Å². The van der Waals surface area contributed by atoms with Crippen molar-refractivity contribution < 1.29 is 14.6 Å². The Morgan fingerprint density at radius 1 is 1.30 bits per heavy atom. The molecular formula is C6H4BrFO2. The predicted octanol–water partition coefficient (Wildman–Crippen LogP) is 2.00. The lowest BCUT2D eigenvalue weighted by Crippen LogP contribution is -1.76. The van der Waals surface area contributed by atoms with Gasteiger partial charge in [-0.2, -0.15) is 0 Å². The molecular weight excluding hydrogens is 203 g/mol. The largest absolute Gasteiger partial charge is 0.504 e. The van der Waals surface area contributed by atoms with Crippen molar-refractivity contribution in [1.29, 1.82) is 0 Å². The third-order valence-corrected chi connectivity index (χ3v) is 1.47. The van der Waals surface area contributed by atoms with Crippen molar-refractivity contribution in [3.63, 3.8) is 0 Å². The lowest BCUT2D eigenvalue weighted by Gasteiger charge is -1.97. The van der Waals surface area contributed by atoms with Gasteiger partial charge in [-0.1, -0.05) is 15.9 Å². The summed E-state index contributed by atoms with van der Waals surface area (Å²) in [6.45, 7) is 0. The fourth-order valence-corrected chi connectivity index (χ4v) is 0.970. The Balaban J connectivity index is 3.31. The Hall–Kier alpha value is -0.770. The number of rotatable bonds is 0.